The fourth-order valence-electron chi connectivity index (χ4n) is 5.19. The zero-order valence-electron chi connectivity index (χ0n) is 25.2. The summed E-state index contributed by atoms with van der Waals surface area (Å²) in [5.74, 6) is -2.35. The zero-order valence-corrected chi connectivity index (χ0v) is 25.2. The van der Waals surface area contributed by atoms with Crippen molar-refractivity contribution >= 4 is 16.8 Å². The maximum Gasteiger partial charge on any atom is 0.573 e. The van der Waals surface area contributed by atoms with Gasteiger partial charge < -0.3 is 9.64 Å². The van der Waals surface area contributed by atoms with Crippen molar-refractivity contribution in [2.45, 2.75) is 53.1 Å². The van der Waals surface area contributed by atoms with Gasteiger partial charge in [0.05, 0.1) is 29.1 Å². The molecule has 1 heterocycles. The summed E-state index contributed by atoms with van der Waals surface area (Å²) in [7, 11) is 0. The quantitative estimate of drug-likeness (QED) is 0.168. The Morgan fingerprint density at radius 3 is 2.27 bits per heavy atom. The third kappa shape index (κ3) is 7.06. The molecule has 0 radical (unpaired) electrons. The fourth-order valence-corrected chi connectivity index (χ4v) is 5.19. The monoisotopic (exact) mass is 617 g/mol. The average Bonchev–Trinajstić information content (AvgIpc) is 2.98. The zero-order chi connectivity index (χ0) is 32.5. The molecule has 1 amide bonds. The van der Waals surface area contributed by atoms with Crippen LogP contribution < -0.4 is 10.3 Å². The summed E-state index contributed by atoms with van der Waals surface area (Å²) in [6.07, 6.45) is -5.38. The molecule has 1 atom stereocenters. The molecule has 0 unspecified atom stereocenters. The molecule has 0 bridgehead atoms. The van der Waals surface area contributed by atoms with Crippen LogP contribution in [0.25, 0.3) is 16.6 Å². The van der Waals surface area contributed by atoms with Crippen molar-refractivity contribution < 1.29 is 27.1 Å². The summed E-state index contributed by atoms with van der Waals surface area (Å²) in [4.78, 5) is 34.4. The minimum absolute atomic E-state index is 0.134. The first-order valence-corrected chi connectivity index (χ1v) is 14.3. The summed E-state index contributed by atoms with van der Waals surface area (Å²) in [6.45, 7) is 7.77. The van der Waals surface area contributed by atoms with E-state index in [1.54, 1.807) is 36.1 Å². The van der Waals surface area contributed by atoms with Crippen LogP contribution in [-0.4, -0.2) is 26.7 Å². The van der Waals surface area contributed by atoms with Gasteiger partial charge in [-0.3, -0.25) is 14.2 Å². The number of halogens is 4. The Morgan fingerprint density at radius 2 is 1.60 bits per heavy atom. The second-order valence-corrected chi connectivity index (χ2v) is 11.1. The van der Waals surface area contributed by atoms with Crippen LogP contribution >= 0.6 is 0 Å². The second-order valence-electron chi connectivity index (χ2n) is 11.1. The molecule has 10 heteroatoms. The van der Waals surface area contributed by atoms with Crippen LogP contribution in [0.4, 0.5) is 17.6 Å². The Kier molecular flexibility index (Phi) is 8.77. The van der Waals surface area contributed by atoms with Gasteiger partial charge in [-0.1, -0.05) is 54.1 Å². The Bertz CT molecular complexity index is 1930. The molecule has 0 saturated carbocycles. The highest BCUT2D eigenvalue weighted by atomic mass is 19.4. The molecule has 0 aliphatic heterocycles. The van der Waals surface area contributed by atoms with Crippen LogP contribution in [0.2, 0.25) is 0 Å². The maximum atomic E-state index is 14.5. The van der Waals surface area contributed by atoms with E-state index in [0.717, 1.165) is 34.4 Å². The average molecular weight is 618 g/mol. The lowest BCUT2D eigenvalue weighted by Gasteiger charge is -2.31. The van der Waals surface area contributed by atoms with E-state index in [2.05, 4.69) is 4.74 Å². The second kappa shape index (κ2) is 12.6. The van der Waals surface area contributed by atoms with Crippen molar-refractivity contribution in [2.75, 3.05) is 0 Å². The minimum Gasteiger partial charge on any atom is -0.403 e. The third-order valence-corrected chi connectivity index (χ3v) is 7.76. The van der Waals surface area contributed by atoms with E-state index in [1.165, 1.54) is 10.6 Å². The molecule has 6 nitrogen and oxygen atoms in total. The van der Waals surface area contributed by atoms with E-state index in [0.29, 0.717) is 22.4 Å². The van der Waals surface area contributed by atoms with Crippen molar-refractivity contribution in [3.05, 3.63) is 135 Å². The largest absolute Gasteiger partial charge is 0.573 e. The molecule has 0 fully saturated rings. The third-order valence-electron chi connectivity index (χ3n) is 7.76. The van der Waals surface area contributed by atoms with Gasteiger partial charge in [0.1, 0.15) is 5.82 Å². The fraction of sp³-hybridized carbons (Fsp3) is 0.229. The maximum absolute atomic E-state index is 14.5. The van der Waals surface area contributed by atoms with E-state index in [1.807, 2.05) is 63.2 Å². The van der Waals surface area contributed by atoms with Gasteiger partial charge >= 0.3 is 6.36 Å². The van der Waals surface area contributed by atoms with Gasteiger partial charge in [-0.15, -0.1) is 13.2 Å². The lowest BCUT2D eigenvalue weighted by atomic mass is 10.0. The molecular formula is C35H31F4N3O3. The number of hydrogen-bond acceptors (Lipinski definition) is 4. The van der Waals surface area contributed by atoms with Crippen molar-refractivity contribution in [3.63, 3.8) is 0 Å². The highest BCUT2D eigenvalue weighted by molar-refractivity contribution is 5.80. The standard InChI is InChI=1S/C35H31F4N3O3/c1-21-9-14-27(15-10-21)42-33(40-30-8-6-5-7-28(30)34(42)44)24(4)41(20-26-12-11-22(2)23(3)17-26)32(43)19-25-13-16-31(29(36)18-25)45-35(37,38)39/h5-18,24H,19-20H2,1-4H3/t24-/m1/s1. The van der Waals surface area contributed by atoms with E-state index >= 15 is 0 Å². The summed E-state index contributed by atoms with van der Waals surface area (Å²) in [6, 6.07) is 22.3. The number of alkyl halides is 3. The SMILES string of the molecule is Cc1ccc(-n2c([C@@H](C)N(Cc3ccc(C)c(C)c3)C(=O)Cc3ccc(OC(F)(F)F)c(F)c3)nc3ccccc3c2=O)cc1. The number of para-hydroxylation sites is 1. The van der Waals surface area contributed by atoms with Crippen LogP contribution in [0.5, 0.6) is 5.75 Å². The number of carbonyl (C=O) groups is 1. The number of carbonyl (C=O) groups excluding carboxylic acids is 1. The lowest BCUT2D eigenvalue weighted by Crippen LogP contribution is -2.38. The first-order valence-electron chi connectivity index (χ1n) is 14.3. The van der Waals surface area contributed by atoms with Crippen LogP contribution in [-0.2, 0) is 17.8 Å². The number of benzene rings is 4. The molecule has 45 heavy (non-hydrogen) atoms. The molecule has 1 aromatic heterocycles. The normalized spacial score (nSPS) is 12.3. The number of fused-ring (bicyclic) bond motifs is 1. The number of ether oxygens (including phenoxy) is 1. The van der Waals surface area contributed by atoms with Crippen molar-refractivity contribution in [3.8, 4) is 11.4 Å². The molecule has 4 aromatic carbocycles. The summed E-state index contributed by atoms with van der Waals surface area (Å²) < 4.78 is 57.8. The lowest BCUT2D eigenvalue weighted by molar-refractivity contribution is -0.275. The van der Waals surface area contributed by atoms with Gasteiger partial charge in [-0.25, -0.2) is 9.37 Å². The predicted molar refractivity (Wildman–Crippen MR) is 164 cm³/mol. The highest BCUT2D eigenvalue weighted by Gasteiger charge is 2.33. The van der Waals surface area contributed by atoms with Crippen LogP contribution in [0.3, 0.4) is 0 Å². The van der Waals surface area contributed by atoms with Crippen molar-refractivity contribution in [1.82, 2.24) is 14.5 Å². The first-order chi connectivity index (χ1) is 21.3. The number of amides is 1. The van der Waals surface area contributed by atoms with E-state index in [4.69, 9.17) is 4.98 Å². The predicted octanol–water partition coefficient (Wildman–Crippen LogP) is 7.68. The van der Waals surface area contributed by atoms with E-state index in [9.17, 15) is 27.2 Å². The van der Waals surface area contributed by atoms with Crippen LogP contribution in [0.1, 0.15) is 46.6 Å². The summed E-state index contributed by atoms with van der Waals surface area (Å²) in [5, 5.41) is 0.415. The molecule has 0 saturated heterocycles. The van der Waals surface area contributed by atoms with Gasteiger partial charge in [-0.2, -0.15) is 0 Å². The molecule has 5 rings (SSSR count). The number of aryl methyl sites for hydroxylation is 3. The molecule has 0 aliphatic rings. The minimum atomic E-state index is -5.06. The van der Waals surface area contributed by atoms with E-state index < -0.39 is 29.9 Å². The number of hydrogen-bond donors (Lipinski definition) is 0. The van der Waals surface area contributed by atoms with Crippen LogP contribution in [0, 0.1) is 26.6 Å². The van der Waals surface area contributed by atoms with Crippen molar-refractivity contribution in [1.29, 1.82) is 0 Å². The number of rotatable bonds is 8. The van der Waals surface area contributed by atoms with Gasteiger partial charge in [0.15, 0.2) is 11.6 Å². The molecule has 0 aliphatic carbocycles. The summed E-state index contributed by atoms with van der Waals surface area (Å²) >= 11 is 0. The topological polar surface area (TPSA) is 64.4 Å². The number of aromatic nitrogens is 2. The Hall–Kier alpha value is -4.99. The first kappa shape index (κ1) is 31.4. The van der Waals surface area contributed by atoms with Gasteiger partial charge in [0.2, 0.25) is 5.91 Å². The Labute approximate surface area is 257 Å². The molecule has 5 aromatic rings. The molecule has 232 valence electrons. The summed E-state index contributed by atoms with van der Waals surface area (Å²) in [5.41, 5.74) is 4.82. The van der Waals surface area contributed by atoms with E-state index in [-0.39, 0.29) is 24.1 Å². The van der Waals surface area contributed by atoms with Gasteiger partial charge in [-0.05, 0) is 86.3 Å². The van der Waals surface area contributed by atoms with Gasteiger partial charge in [0, 0.05) is 6.54 Å². The Morgan fingerprint density at radius 1 is 0.911 bits per heavy atom. The number of nitrogens with zero attached hydrogens (tertiary/aromatic N) is 3. The van der Waals surface area contributed by atoms with Crippen molar-refractivity contribution in [2.24, 2.45) is 0 Å². The highest BCUT2D eigenvalue weighted by Crippen LogP contribution is 2.29. The van der Waals surface area contributed by atoms with Crippen LogP contribution in [0.15, 0.2) is 89.7 Å². The van der Waals surface area contributed by atoms with Gasteiger partial charge in [0.25, 0.3) is 5.56 Å². The molecule has 0 N–H and O–H groups in total. The smallest absolute Gasteiger partial charge is 0.403 e. The molecular weight excluding hydrogens is 586 g/mol. The Balaban J connectivity index is 1.60. The molecule has 0 spiro atoms.